The number of aromatic carboxylic acids is 1. The third-order valence-corrected chi connectivity index (χ3v) is 3.67. The van der Waals surface area contributed by atoms with E-state index in [1.807, 2.05) is 5.01 Å². The summed E-state index contributed by atoms with van der Waals surface area (Å²) in [5, 5.41) is 11.1. The van der Waals surface area contributed by atoms with Gasteiger partial charge in [-0.1, -0.05) is 12.5 Å². The number of hydrazine groups is 1. The summed E-state index contributed by atoms with van der Waals surface area (Å²) in [6, 6.07) is 4.88. The largest absolute Gasteiger partial charge is 0.478 e. The van der Waals surface area contributed by atoms with E-state index >= 15 is 0 Å². The fourth-order valence-corrected chi connectivity index (χ4v) is 2.62. The van der Waals surface area contributed by atoms with E-state index in [2.05, 4.69) is 19.3 Å². The van der Waals surface area contributed by atoms with Crippen LogP contribution in [0.25, 0.3) is 0 Å². The lowest BCUT2D eigenvalue weighted by atomic mass is 10.00. The van der Waals surface area contributed by atoms with Gasteiger partial charge in [-0.15, -0.1) is 0 Å². The van der Waals surface area contributed by atoms with Crippen LogP contribution in [-0.2, 0) is 0 Å². The second kappa shape index (κ2) is 5.57. The lowest BCUT2D eigenvalue weighted by Crippen LogP contribution is -2.47. The first-order valence-corrected chi connectivity index (χ1v) is 6.57. The van der Waals surface area contributed by atoms with Crippen LogP contribution >= 0.6 is 0 Å². The van der Waals surface area contributed by atoms with Crippen molar-refractivity contribution >= 4 is 11.7 Å². The zero-order valence-electron chi connectivity index (χ0n) is 11.2. The van der Waals surface area contributed by atoms with Crippen LogP contribution in [-0.4, -0.2) is 28.2 Å². The Labute approximate surface area is 112 Å². The van der Waals surface area contributed by atoms with E-state index in [1.165, 1.54) is 6.07 Å². The molecule has 1 aromatic carbocycles. The van der Waals surface area contributed by atoms with Crippen LogP contribution in [0.5, 0.6) is 0 Å². The molecule has 1 fully saturated rings. The molecule has 2 unspecified atom stereocenters. The molecule has 2 rings (SSSR count). The number of carboxylic acid groups (broad SMARTS) is 1. The monoisotopic (exact) mass is 266 g/mol. The van der Waals surface area contributed by atoms with E-state index in [1.54, 1.807) is 6.07 Å². The Morgan fingerprint density at radius 3 is 2.58 bits per heavy atom. The number of piperidine rings is 1. The maximum absolute atomic E-state index is 13.6. The van der Waals surface area contributed by atoms with Crippen molar-refractivity contribution in [2.45, 2.75) is 45.2 Å². The molecule has 1 saturated heterocycles. The lowest BCUT2D eigenvalue weighted by Gasteiger charge is -2.39. The number of anilines is 1. The molecule has 4 nitrogen and oxygen atoms in total. The molecule has 19 heavy (non-hydrogen) atoms. The summed E-state index contributed by atoms with van der Waals surface area (Å²) in [6.45, 7) is 4.17. The van der Waals surface area contributed by atoms with E-state index in [0.717, 1.165) is 25.3 Å². The van der Waals surface area contributed by atoms with E-state index in [0.29, 0.717) is 17.8 Å². The van der Waals surface area contributed by atoms with E-state index in [-0.39, 0.29) is 5.56 Å². The van der Waals surface area contributed by atoms with Crippen molar-refractivity contribution in [1.29, 1.82) is 0 Å². The molecule has 1 aromatic rings. The summed E-state index contributed by atoms with van der Waals surface area (Å²) in [5.41, 5.74) is 3.10. The minimum Gasteiger partial charge on any atom is -0.478 e. The van der Waals surface area contributed by atoms with Gasteiger partial charge in [-0.25, -0.2) is 14.2 Å². The molecule has 0 spiro atoms. The molecule has 2 atom stereocenters. The minimum atomic E-state index is -1.25. The van der Waals surface area contributed by atoms with Gasteiger partial charge < -0.3 is 10.5 Å². The second-order valence-electron chi connectivity index (χ2n) is 5.12. The Bertz CT molecular complexity index is 469. The van der Waals surface area contributed by atoms with E-state index in [4.69, 9.17) is 5.11 Å². The second-order valence-corrected chi connectivity index (χ2v) is 5.12. The Kier molecular flexibility index (Phi) is 4.04. The Morgan fingerprint density at radius 2 is 2.00 bits per heavy atom. The lowest BCUT2D eigenvalue weighted by molar-refractivity contribution is 0.0691. The number of carboxylic acids is 1. The van der Waals surface area contributed by atoms with Crippen molar-refractivity contribution in [1.82, 2.24) is 5.01 Å². The summed E-state index contributed by atoms with van der Waals surface area (Å²) in [5.74, 6) is -1.97. The van der Waals surface area contributed by atoms with Crippen LogP contribution in [0.3, 0.4) is 0 Å². The van der Waals surface area contributed by atoms with Crippen molar-refractivity contribution < 1.29 is 14.3 Å². The van der Waals surface area contributed by atoms with Gasteiger partial charge in [0, 0.05) is 12.1 Å². The van der Waals surface area contributed by atoms with E-state index < -0.39 is 11.8 Å². The number of rotatable bonds is 3. The molecule has 0 saturated carbocycles. The standard InChI is InChI=1S/C14H19FN2O2/c1-9-5-3-6-10(2)17(9)16-12-8-4-7-11(15)13(12)14(18)19/h4,7-10,16H,3,5-6H2,1-2H3,(H,18,19). The number of carbonyl (C=O) groups is 1. The third kappa shape index (κ3) is 2.87. The molecule has 0 amide bonds. The van der Waals surface area contributed by atoms with Gasteiger partial charge in [0.15, 0.2) is 0 Å². The smallest absolute Gasteiger partial charge is 0.340 e. The SMILES string of the molecule is CC1CCCC(C)N1Nc1cccc(F)c1C(=O)O. The normalized spacial score (nSPS) is 24.2. The summed E-state index contributed by atoms with van der Waals surface area (Å²) in [6.07, 6.45) is 3.26. The maximum Gasteiger partial charge on any atom is 0.340 e. The first-order chi connectivity index (χ1) is 9.00. The molecule has 1 aliphatic rings. The maximum atomic E-state index is 13.6. The molecule has 104 valence electrons. The van der Waals surface area contributed by atoms with Gasteiger partial charge in [0.1, 0.15) is 11.4 Å². The number of nitrogens with one attached hydrogen (secondary N) is 1. The van der Waals surface area contributed by atoms with Gasteiger partial charge in [0.05, 0.1) is 5.69 Å². The van der Waals surface area contributed by atoms with Gasteiger partial charge >= 0.3 is 5.97 Å². The first-order valence-electron chi connectivity index (χ1n) is 6.57. The fraction of sp³-hybridized carbons (Fsp3) is 0.500. The Balaban J connectivity index is 2.27. The topological polar surface area (TPSA) is 52.6 Å². The summed E-state index contributed by atoms with van der Waals surface area (Å²) >= 11 is 0. The molecule has 0 radical (unpaired) electrons. The molecular formula is C14H19FN2O2. The molecule has 5 heteroatoms. The minimum absolute atomic E-state index is 0.299. The predicted octanol–water partition coefficient (Wildman–Crippen LogP) is 3.11. The molecule has 2 N–H and O–H groups in total. The van der Waals surface area contributed by atoms with Gasteiger partial charge in [0.25, 0.3) is 0 Å². The van der Waals surface area contributed by atoms with Gasteiger partial charge in [-0.05, 0) is 38.8 Å². The average molecular weight is 266 g/mol. The fourth-order valence-electron chi connectivity index (χ4n) is 2.62. The third-order valence-electron chi connectivity index (χ3n) is 3.67. The molecule has 1 heterocycles. The van der Waals surface area contributed by atoms with Gasteiger partial charge in [0.2, 0.25) is 0 Å². The average Bonchev–Trinajstić information content (AvgIpc) is 2.33. The highest BCUT2D eigenvalue weighted by molar-refractivity contribution is 5.94. The van der Waals surface area contributed by atoms with Gasteiger partial charge in [-0.2, -0.15) is 0 Å². The Hall–Kier alpha value is -1.62. The van der Waals surface area contributed by atoms with Crippen LogP contribution in [0.15, 0.2) is 18.2 Å². The highest BCUT2D eigenvalue weighted by Crippen LogP contribution is 2.26. The van der Waals surface area contributed by atoms with Gasteiger partial charge in [-0.3, -0.25) is 0 Å². The first kappa shape index (κ1) is 13.8. The molecular weight excluding hydrogens is 247 g/mol. The van der Waals surface area contributed by atoms with Crippen molar-refractivity contribution in [2.24, 2.45) is 0 Å². The highest BCUT2D eigenvalue weighted by Gasteiger charge is 2.26. The number of hydrogen-bond donors (Lipinski definition) is 2. The quantitative estimate of drug-likeness (QED) is 0.882. The molecule has 0 aliphatic carbocycles. The number of benzene rings is 1. The molecule has 0 bridgehead atoms. The van der Waals surface area contributed by atoms with Crippen LogP contribution < -0.4 is 5.43 Å². The zero-order valence-corrected chi connectivity index (χ0v) is 11.2. The number of nitrogens with zero attached hydrogens (tertiary/aromatic N) is 1. The Morgan fingerprint density at radius 1 is 1.37 bits per heavy atom. The van der Waals surface area contributed by atoms with Crippen molar-refractivity contribution in [2.75, 3.05) is 5.43 Å². The summed E-state index contributed by atoms with van der Waals surface area (Å²) < 4.78 is 13.6. The zero-order chi connectivity index (χ0) is 14.0. The van der Waals surface area contributed by atoms with Crippen LogP contribution in [0.2, 0.25) is 0 Å². The van der Waals surface area contributed by atoms with E-state index in [9.17, 15) is 9.18 Å². The summed E-state index contributed by atoms with van der Waals surface area (Å²) in [7, 11) is 0. The van der Waals surface area contributed by atoms with Crippen LogP contribution in [0, 0.1) is 5.82 Å². The molecule has 1 aliphatic heterocycles. The number of halogens is 1. The summed E-state index contributed by atoms with van der Waals surface area (Å²) in [4.78, 5) is 11.1. The highest BCUT2D eigenvalue weighted by atomic mass is 19.1. The predicted molar refractivity (Wildman–Crippen MR) is 71.6 cm³/mol. The molecule has 0 aromatic heterocycles. The van der Waals surface area contributed by atoms with Crippen molar-refractivity contribution in [3.8, 4) is 0 Å². The van der Waals surface area contributed by atoms with Crippen LogP contribution in [0.4, 0.5) is 10.1 Å². The van der Waals surface area contributed by atoms with Crippen LogP contribution in [0.1, 0.15) is 43.5 Å². The number of hydrogen-bond acceptors (Lipinski definition) is 3. The van der Waals surface area contributed by atoms with Crippen molar-refractivity contribution in [3.05, 3.63) is 29.6 Å². The van der Waals surface area contributed by atoms with Crippen molar-refractivity contribution in [3.63, 3.8) is 0 Å².